The van der Waals surface area contributed by atoms with Gasteiger partial charge in [-0.2, -0.15) is 0 Å². The predicted octanol–water partition coefficient (Wildman–Crippen LogP) is 0.0888. The van der Waals surface area contributed by atoms with Gasteiger partial charge in [-0.3, -0.25) is 10.1 Å². The van der Waals surface area contributed by atoms with E-state index < -0.39 is 4.92 Å². The Labute approximate surface area is 74.9 Å². The fourth-order valence-corrected chi connectivity index (χ4v) is 1.15. The molecule has 0 saturated carbocycles. The average molecular weight is 184 g/mol. The summed E-state index contributed by atoms with van der Waals surface area (Å²) < 4.78 is 0. The van der Waals surface area contributed by atoms with E-state index in [2.05, 4.69) is 0 Å². The van der Waals surface area contributed by atoms with Gasteiger partial charge in [0.25, 0.3) is 5.69 Å². The number of hydrogen-bond donors (Lipinski definition) is 1. The Balaban J connectivity index is 3.37. The van der Waals surface area contributed by atoms with Crippen LogP contribution in [0.3, 0.4) is 0 Å². The van der Waals surface area contributed by atoms with E-state index in [1.54, 1.807) is 13.9 Å². The number of benzene rings is 1. The lowest BCUT2D eigenvalue weighted by Crippen LogP contribution is -2.11. The van der Waals surface area contributed by atoms with Gasteiger partial charge in [0, 0.05) is 11.1 Å². The zero-order valence-corrected chi connectivity index (χ0v) is 7.13. The number of nitro groups is 1. The summed E-state index contributed by atoms with van der Waals surface area (Å²) in [6.45, 7) is 0. The maximum absolute atomic E-state index is 10.4. The van der Waals surface area contributed by atoms with Gasteiger partial charge < -0.3 is 5.73 Å². The quantitative estimate of drug-likeness (QED) is 0.291. The minimum Gasteiger partial charge on any atom is -0.394 e. The molecule has 0 atom stereocenters. The normalized spacial score (nSPS) is 9.75. The van der Waals surface area contributed by atoms with Crippen molar-refractivity contribution in [1.82, 2.24) is 0 Å². The average Bonchev–Trinajstić information content (AvgIpc) is 1.96. The minimum absolute atomic E-state index is 0.139. The maximum atomic E-state index is 10.4. The summed E-state index contributed by atoms with van der Waals surface area (Å²) in [4.78, 5) is 9.85. The van der Waals surface area contributed by atoms with E-state index in [-0.39, 0.29) is 11.4 Å². The first-order chi connectivity index (χ1) is 5.52. The molecule has 1 rings (SSSR count). The van der Waals surface area contributed by atoms with Gasteiger partial charge >= 0.3 is 0 Å². The summed E-state index contributed by atoms with van der Waals surface area (Å²) in [6, 6.07) is 2.83. The van der Waals surface area contributed by atoms with Gasteiger partial charge in [-0.05, 0) is 6.07 Å². The Kier molecular flexibility index (Phi) is 2.24. The number of anilines is 1. The zero-order chi connectivity index (χ0) is 9.30. The molecule has 0 aliphatic carbocycles. The van der Waals surface area contributed by atoms with Crippen LogP contribution in [0, 0.1) is 10.1 Å². The first kappa shape index (κ1) is 8.87. The van der Waals surface area contributed by atoms with Gasteiger partial charge in [0.15, 0.2) is 0 Å². The lowest BCUT2D eigenvalue weighted by Gasteiger charge is -2.01. The molecule has 0 aliphatic heterocycles. The number of rotatable bonds is 1. The highest BCUT2D eigenvalue weighted by Gasteiger charge is 2.13. The summed E-state index contributed by atoms with van der Waals surface area (Å²) in [7, 11) is 1.67. The molecular formula is C6H6BClN2O2. The van der Waals surface area contributed by atoms with Crippen LogP contribution >= 0.6 is 11.6 Å². The van der Waals surface area contributed by atoms with Crippen LogP contribution in [0.2, 0.25) is 5.02 Å². The van der Waals surface area contributed by atoms with Crippen LogP contribution in [0.25, 0.3) is 0 Å². The molecule has 12 heavy (non-hydrogen) atoms. The SMILES string of the molecule is Bc1cc(Cl)cc([N+](=O)[O-])c1N. The Hall–Kier alpha value is -1.23. The van der Waals surface area contributed by atoms with Gasteiger partial charge in [-0.15, -0.1) is 0 Å². The van der Waals surface area contributed by atoms with Crippen LogP contribution < -0.4 is 11.2 Å². The number of nitrogens with zero attached hydrogens (tertiary/aromatic N) is 1. The lowest BCUT2D eigenvalue weighted by atomic mass is 9.93. The molecule has 0 amide bonds. The van der Waals surface area contributed by atoms with Gasteiger partial charge in [0.2, 0.25) is 0 Å². The molecule has 0 bridgehead atoms. The van der Waals surface area contributed by atoms with Crippen molar-refractivity contribution >= 4 is 36.3 Å². The van der Waals surface area contributed by atoms with Gasteiger partial charge in [-0.25, -0.2) is 0 Å². The van der Waals surface area contributed by atoms with Crippen molar-refractivity contribution in [3.8, 4) is 0 Å². The second kappa shape index (κ2) is 3.02. The van der Waals surface area contributed by atoms with Crippen LogP contribution in [-0.2, 0) is 0 Å². The molecule has 62 valence electrons. The number of nitrogen functional groups attached to an aromatic ring is 1. The van der Waals surface area contributed by atoms with Crippen LogP contribution in [-0.4, -0.2) is 12.8 Å². The van der Waals surface area contributed by atoms with Gasteiger partial charge in [0.1, 0.15) is 13.5 Å². The number of hydrogen-bond acceptors (Lipinski definition) is 3. The van der Waals surface area contributed by atoms with Crippen molar-refractivity contribution in [1.29, 1.82) is 0 Å². The maximum Gasteiger partial charge on any atom is 0.293 e. The van der Waals surface area contributed by atoms with Crippen LogP contribution in [0.4, 0.5) is 11.4 Å². The van der Waals surface area contributed by atoms with Crippen molar-refractivity contribution in [2.45, 2.75) is 0 Å². The van der Waals surface area contributed by atoms with E-state index >= 15 is 0 Å². The summed E-state index contributed by atoms with van der Waals surface area (Å²) >= 11 is 5.61. The predicted molar refractivity (Wildman–Crippen MR) is 50.7 cm³/mol. The third-order valence-corrected chi connectivity index (χ3v) is 1.74. The first-order valence-corrected chi connectivity index (χ1v) is 3.60. The molecule has 0 heterocycles. The first-order valence-electron chi connectivity index (χ1n) is 3.22. The Morgan fingerprint density at radius 1 is 1.58 bits per heavy atom. The molecule has 4 nitrogen and oxygen atoms in total. The number of nitrogens with two attached hydrogens (primary N) is 1. The molecule has 0 unspecified atom stereocenters. The van der Waals surface area contributed by atoms with Crippen molar-refractivity contribution < 1.29 is 4.92 Å². The van der Waals surface area contributed by atoms with E-state index in [1.807, 2.05) is 0 Å². The van der Waals surface area contributed by atoms with E-state index in [9.17, 15) is 10.1 Å². The lowest BCUT2D eigenvalue weighted by molar-refractivity contribution is -0.383. The number of halogens is 1. The number of nitro benzene ring substituents is 1. The van der Waals surface area contributed by atoms with Gasteiger partial charge in [0.05, 0.1) is 4.92 Å². The summed E-state index contributed by atoms with van der Waals surface area (Å²) in [6.07, 6.45) is 0. The highest BCUT2D eigenvalue weighted by molar-refractivity contribution is 6.39. The van der Waals surface area contributed by atoms with Crippen molar-refractivity contribution in [2.24, 2.45) is 0 Å². The molecular weight excluding hydrogens is 178 g/mol. The summed E-state index contributed by atoms with van der Waals surface area (Å²) in [5.74, 6) is 0. The zero-order valence-electron chi connectivity index (χ0n) is 6.37. The Morgan fingerprint density at radius 2 is 2.17 bits per heavy atom. The molecule has 2 N–H and O–H groups in total. The molecule has 0 spiro atoms. The van der Waals surface area contributed by atoms with Crippen LogP contribution in [0.5, 0.6) is 0 Å². The Bertz CT molecular complexity index is 343. The molecule has 1 aromatic carbocycles. The largest absolute Gasteiger partial charge is 0.394 e. The highest BCUT2D eigenvalue weighted by atomic mass is 35.5. The second-order valence-electron chi connectivity index (χ2n) is 2.41. The fourth-order valence-electron chi connectivity index (χ4n) is 0.888. The molecule has 0 aliphatic rings. The van der Waals surface area contributed by atoms with Crippen molar-refractivity contribution in [2.75, 3.05) is 5.73 Å². The van der Waals surface area contributed by atoms with Crippen molar-refractivity contribution in [3.05, 3.63) is 27.3 Å². The molecule has 0 fully saturated rings. The molecule has 1 aromatic rings. The third kappa shape index (κ3) is 1.50. The molecule has 0 aromatic heterocycles. The van der Waals surface area contributed by atoms with Crippen LogP contribution in [0.15, 0.2) is 12.1 Å². The van der Waals surface area contributed by atoms with E-state index in [0.29, 0.717) is 10.5 Å². The van der Waals surface area contributed by atoms with E-state index in [4.69, 9.17) is 17.3 Å². The fraction of sp³-hybridized carbons (Fsp3) is 0. The van der Waals surface area contributed by atoms with E-state index in [0.717, 1.165) is 0 Å². The summed E-state index contributed by atoms with van der Waals surface area (Å²) in [5.41, 5.74) is 6.10. The monoisotopic (exact) mass is 184 g/mol. The Morgan fingerprint density at radius 3 is 2.67 bits per heavy atom. The van der Waals surface area contributed by atoms with Crippen LogP contribution in [0.1, 0.15) is 0 Å². The minimum atomic E-state index is -0.547. The smallest absolute Gasteiger partial charge is 0.293 e. The molecule has 0 saturated heterocycles. The molecule has 0 radical (unpaired) electrons. The highest BCUT2D eigenvalue weighted by Crippen LogP contribution is 2.22. The topological polar surface area (TPSA) is 69.2 Å². The second-order valence-corrected chi connectivity index (χ2v) is 2.85. The molecule has 6 heteroatoms. The summed E-state index contributed by atoms with van der Waals surface area (Å²) in [5, 5.41) is 10.7. The van der Waals surface area contributed by atoms with Crippen molar-refractivity contribution in [3.63, 3.8) is 0 Å². The van der Waals surface area contributed by atoms with Gasteiger partial charge in [-0.1, -0.05) is 17.1 Å². The third-order valence-electron chi connectivity index (χ3n) is 1.53. The standard InChI is InChI=1S/C6H6BClN2O2/c7-4-1-3(8)2-5(6(4)9)10(11)12/h1-2H,7,9H2. The van der Waals surface area contributed by atoms with E-state index in [1.165, 1.54) is 6.07 Å².